The number of primary amides is 1. The van der Waals surface area contributed by atoms with E-state index in [1.165, 1.54) is 0 Å². The molecule has 0 heterocycles. The summed E-state index contributed by atoms with van der Waals surface area (Å²) in [5.41, 5.74) is 2.76. The highest BCUT2D eigenvalue weighted by molar-refractivity contribution is 6.07. The molecule has 0 aliphatic carbocycles. The normalized spacial score (nSPS) is 14.5. The minimum atomic E-state index is -2.02. The number of aliphatic carboxylic acids is 1. The Bertz CT molecular complexity index is 222. The number of nitrogens with one attached hydrogen (secondary N) is 1. The molecule has 0 saturated carbocycles. The fraction of sp³-hybridized carbons (Fsp3) is 0.500. The molecule has 4 N–H and O–H groups in total. The van der Waals surface area contributed by atoms with Crippen molar-refractivity contribution in [2.45, 2.75) is 19.4 Å². The van der Waals surface area contributed by atoms with E-state index < -0.39 is 23.3 Å². The first kappa shape index (κ1) is 10.4. The molecule has 1 unspecified atom stereocenters. The molecule has 68 valence electrons. The highest BCUT2D eigenvalue weighted by Crippen LogP contribution is 2.02. The molecular formula is C6H10N2O4. The molecule has 0 rings (SSSR count). The van der Waals surface area contributed by atoms with Crippen molar-refractivity contribution >= 4 is 17.8 Å². The smallest absolute Gasteiger partial charge is 0.339 e. The van der Waals surface area contributed by atoms with Crippen LogP contribution in [-0.4, -0.2) is 28.4 Å². The SMILES string of the molecule is CC(=O)NC(C)(C(N)=O)C(=O)O. The van der Waals surface area contributed by atoms with Gasteiger partial charge in [0.1, 0.15) is 0 Å². The lowest BCUT2D eigenvalue weighted by Crippen LogP contribution is -2.60. The van der Waals surface area contributed by atoms with Crippen LogP contribution in [0.2, 0.25) is 0 Å². The summed E-state index contributed by atoms with van der Waals surface area (Å²) in [6.07, 6.45) is 0. The predicted molar refractivity (Wildman–Crippen MR) is 39.1 cm³/mol. The number of carbonyl (C=O) groups excluding carboxylic acids is 2. The zero-order valence-corrected chi connectivity index (χ0v) is 6.75. The van der Waals surface area contributed by atoms with E-state index in [0.717, 1.165) is 13.8 Å². The van der Waals surface area contributed by atoms with Crippen molar-refractivity contribution in [3.63, 3.8) is 0 Å². The molecule has 0 saturated heterocycles. The van der Waals surface area contributed by atoms with Gasteiger partial charge in [0, 0.05) is 6.92 Å². The number of nitrogens with two attached hydrogens (primary N) is 1. The predicted octanol–water partition coefficient (Wildman–Crippen LogP) is -1.55. The lowest BCUT2D eigenvalue weighted by atomic mass is 10.0. The molecule has 0 aliphatic heterocycles. The van der Waals surface area contributed by atoms with Crippen molar-refractivity contribution < 1.29 is 19.5 Å². The van der Waals surface area contributed by atoms with Crippen molar-refractivity contribution in [1.82, 2.24) is 5.32 Å². The standard InChI is InChI=1S/C6H10N2O4/c1-3(9)8-6(2,4(7)10)5(11)12/h1-2H3,(H2,7,10)(H,8,9)(H,11,12). The largest absolute Gasteiger partial charge is 0.479 e. The van der Waals surface area contributed by atoms with Crippen LogP contribution in [0.3, 0.4) is 0 Å². The molecule has 1 atom stereocenters. The van der Waals surface area contributed by atoms with Crippen molar-refractivity contribution in [2.75, 3.05) is 0 Å². The Hall–Kier alpha value is -1.59. The second-order valence-corrected chi connectivity index (χ2v) is 2.48. The third-order valence-corrected chi connectivity index (χ3v) is 1.35. The first-order chi connectivity index (χ1) is 5.30. The summed E-state index contributed by atoms with van der Waals surface area (Å²) in [5.74, 6) is -3.21. The molecule has 12 heavy (non-hydrogen) atoms. The molecule has 0 spiro atoms. The molecule has 0 aromatic carbocycles. The average molecular weight is 174 g/mol. The molecule has 0 aromatic rings. The average Bonchev–Trinajstić information content (AvgIpc) is 1.84. The molecule has 6 nitrogen and oxygen atoms in total. The summed E-state index contributed by atoms with van der Waals surface area (Å²) in [4.78, 5) is 31.6. The van der Waals surface area contributed by atoms with Gasteiger partial charge < -0.3 is 16.2 Å². The maximum absolute atomic E-state index is 10.6. The minimum Gasteiger partial charge on any atom is -0.479 e. The number of carbonyl (C=O) groups is 3. The lowest BCUT2D eigenvalue weighted by Gasteiger charge is -2.21. The van der Waals surface area contributed by atoms with Crippen LogP contribution in [0.4, 0.5) is 0 Å². The third kappa shape index (κ3) is 1.94. The number of hydrogen-bond donors (Lipinski definition) is 3. The van der Waals surface area contributed by atoms with E-state index in [1.54, 1.807) is 0 Å². The Morgan fingerprint density at radius 3 is 1.92 bits per heavy atom. The van der Waals surface area contributed by atoms with Gasteiger partial charge in [-0.1, -0.05) is 0 Å². The van der Waals surface area contributed by atoms with Crippen molar-refractivity contribution in [1.29, 1.82) is 0 Å². The third-order valence-electron chi connectivity index (χ3n) is 1.35. The van der Waals surface area contributed by atoms with Crippen molar-refractivity contribution in [3.8, 4) is 0 Å². The number of hydrogen-bond acceptors (Lipinski definition) is 3. The molecule has 0 aliphatic rings. The number of rotatable bonds is 3. The molecular weight excluding hydrogens is 164 g/mol. The van der Waals surface area contributed by atoms with Crippen LogP contribution < -0.4 is 11.1 Å². The first-order valence-electron chi connectivity index (χ1n) is 3.12. The van der Waals surface area contributed by atoms with E-state index in [2.05, 4.69) is 0 Å². The van der Waals surface area contributed by atoms with E-state index in [4.69, 9.17) is 10.8 Å². The summed E-state index contributed by atoms with van der Waals surface area (Å²) >= 11 is 0. The lowest BCUT2D eigenvalue weighted by molar-refractivity contribution is -0.151. The van der Waals surface area contributed by atoms with Crippen LogP contribution in [0.5, 0.6) is 0 Å². The summed E-state index contributed by atoms with van der Waals surface area (Å²) in [6, 6.07) is 0. The van der Waals surface area contributed by atoms with Gasteiger partial charge in [-0.05, 0) is 6.92 Å². The van der Waals surface area contributed by atoms with E-state index in [9.17, 15) is 14.4 Å². The van der Waals surface area contributed by atoms with E-state index in [-0.39, 0.29) is 0 Å². The Morgan fingerprint density at radius 2 is 1.83 bits per heavy atom. The molecule has 0 fully saturated rings. The van der Waals surface area contributed by atoms with Gasteiger partial charge in [-0.3, -0.25) is 9.59 Å². The van der Waals surface area contributed by atoms with E-state index in [1.807, 2.05) is 5.32 Å². The number of carboxylic acid groups (broad SMARTS) is 1. The van der Waals surface area contributed by atoms with Gasteiger partial charge in [0.15, 0.2) is 0 Å². The Morgan fingerprint density at radius 1 is 1.42 bits per heavy atom. The van der Waals surface area contributed by atoms with E-state index >= 15 is 0 Å². The fourth-order valence-corrected chi connectivity index (χ4v) is 0.573. The maximum atomic E-state index is 10.6. The van der Waals surface area contributed by atoms with Crippen molar-refractivity contribution in [2.24, 2.45) is 5.73 Å². The van der Waals surface area contributed by atoms with Gasteiger partial charge >= 0.3 is 5.97 Å². The molecule has 2 amide bonds. The number of amides is 2. The van der Waals surface area contributed by atoms with Gasteiger partial charge in [-0.25, -0.2) is 4.79 Å². The zero-order chi connectivity index (χ0) is 9.94. The van der Waals surface area contributed by atoms with Crippen molar-refractivity contribution in [3.05, 3.63) is 0 Å². The Labute approximate surface area is 68.7 Å². The monoisotopic (exact) mass is 174 g/mol. The molecule has 6 heteroatoms. The molecule has 0 bridgehead atoms. The zero-order valence-electron chi connectivity index (χ0n) is 6.75. The minimum absolute atomic E-state index is 0.626. The Kier molecular flexibility index (Phi) is 2.78. The van der Waals surface area contributed by atoms with Gasteiger partial charge in [-0.15, -0.1) is 0 Å². The van der Waals surface area contributed by atoms with Gasteiger partial charge in [0.25, 0.3) is 5.91 Å². The maximum Gasteiger partial charge on any atom is 0.339 e. The molecule has 0 aromatic heterocycles. The summed E-state index contributed by atoms with van der Waals surface area (Å²) in [7, 11) is 0. The topological polar surface area (TPSA) is 109 Å². The first-order valence-corrected chi connectivity index (χ1v) is 3.12. The fourth-order valence-electron chi connectivity index (χ4n) is 0.573. The summed E-state index contributed by atoms with van der Waals surface area (Å²) < 4.78 is 0. The molecule has 0 radical (unpaired) electrons. The summed E-state index contributed by atoms with van der Waals surface area (Å²) in [5, 5.41) is 10.5. The van der Waals surface area contributed by atoms with Crippen LogP contribution in [0, 0.1) is 0 Å². The van der Waals surface area contributed by atoms with Crippen LogP contribution >= 0.6 is 0 Å². The van der Waals surface area contributed by atoms with Crippen LogP contribution in [-0.2, 0) is 14.4 Å². The number of carboxylic acids is 1. The summed E-state index contributed by atoms with van der Waals surface area (Å²) in [6.45, 7) is 2.13. The highest BCUT2D eigenvalue weighted by Gasteiger charge is 2.40. The van der Waals surface area contributed by atoms with Crippen LogP contribution in [0.1, 0.15) is 13.8 Å². The Balaban J connectivity index is 4.75. The second-order valence-electron chi connectivity index (χ2n) is 2.48. The van der Waals surface area contributed by atoms with E-state index in [0.29, 0.717) is 0 Å². The second kappa shape index (κ2) is 3.21. The van der Waals surface area contributed by atoms with Gasteiger partial charge in [-0.2, -0.15) is 0 Å². The van der Waals surface area contributed by atoms with Crippen LogP contribution in [0.25, 0.3) is 0 Å². The van der Waals surface area contributed by atoms with Crippen LogP contribution in [0.15, 0.2) is 0 Å². The highest BCUT2D eigenvalue weighted by atomic mass is 16.4. The van der Waals surface area contributed by atoms with Gasteiger partial charge in [0.2, 0.25) is 11.4 Å². The quantitative estimate of drug-likeness (QED) is 0.450. The van der Waals surface area contributed by atoms with Gasteiger partial charge in [0.05, 0.1) is 0 Å².